The van der Waals surface area contributed by atoms with Gasteiger partial charge in [0.25, 0.3) is 0 Å². The van der Waals surface area contributed by atoms with E-state index in [9.17, 15) is 9.59 Å². The molecule has 1 saturated heterocycles. The number of carboxylic acid groups (broad SMARTS) is 1. The molecule has 0 radical (unpaired) electrons. The molecule has 5 nitrogen and oxygen atoms in total. The van der Waals surface area contributed by atoms with E-state index in [4.69, 9.17) is 9.84 Å². The fourth-order valence-electron chi connectivity index (χ4n) is 1.82. The van der Waals surface area contributed by atoms with E-state index in [1.165, 1.54) is 0 Å². The summed E-state index contributed by atoms with van der Waals surface area (Å²) >= 11 is 0. The highest BCUT2D eigenvalue weighted by molar-refractivity contribution is 5.82. The third-order valence-electron chi connectivity index (χ3n) is 3.45. The standard InChI is InChI=1S/C12H21NO4/c1-4-7(2)8(3)13-11(14)9-5-6-10(17-9)12(15)16/h7-10H,4-6H2,1-3H3,(H,13,14)(H,15,16)/t7?,8?,9-,10+/m0/s1. The van der Waals surface area contributed by atoms with Crippen LogP contribution in [0.5, 0.6) is 0 Å². The summed E-state index contributed by atoms with van der Waals surface area (Å²) in [6.07, 6.45) is 0.443. The van der Waals surface area contributed by atoms with Crippen molar-refractivity contribution >= 4 is 11.9 Å². The SMILES string of the molecule is CCC(C)C(C)NC(=O)[C@@H]1CC[C@H](C(=O)O)O1. The third kappa shape index (κ3) is 3.70. The Balaban J connectivity index is 2.42. The Bertz CT molecular complexity index is 292. The van der Waals surface area contributed by atoms with Crippen LogP contribution in [0.3, 0.4) is 0 Å². The van der Waals surface area contributed by atoms with E-state index in [2.05, 4.69) is 19.2 Å². The van der Waals surface area contributed by atoms with E-state index in [0.717, 1.165) is 6.42 Å². The Morgan fingerprint density at radius 1 is 1.35 bits per heavy atom. The maximum atomic E-state index is 11.8. The van der Waals surface area contributed by atoms with Crippen LogP contribution in [0, 0.1) is 5.92 Å². The zero-order chi connectivity index (χ0) is 13.0. The van der Waals surface area contributed by atoms with Crippen LogP contribution in [0.4, 0.5) is 0 Å². The van der Waals surface area contributed by atoms with Crippen LogP contribution in [0.2, 0.25) is 0 Å². The second kappa shape index (κ2) is 6.00. The van der Waals surface area contributed by atoms with E-state index in [0.29, 0.717) is 18.8 Å². The molecule has 0 aromatic rings. The van der Waals surface area contributed by atoms with Crippen molar-refractivity contribution in [2.75, 3.05) is 0 Å². The summed E-state index contributed by atoms with van der Waals surface area (Å²) in [6.45, 7) is 6.09. The van der Waals surface area contributed by atoms with Crippen LogP contribution < -0.4 is 5.32 Å². The van der Waals surface area contributed by atoms with Gasteiger partial charge in [-0.05, 0) is 25.7 Å². The highest BCUT2D eigenvalue weighted by Crippen LogP contribution is 2.20. The molecule has 1 fully saturated rings. The number of carboxylic acids is 1. The molecule has 17 heavy (non-hydrogen) atoms. The van der Waals surface area contributed by atoms with E-state index in [-0.39, 0.29) is 11.9 Å². The lowest BCUT2D eigenvalue weighted by molar-refractivity contribution is -0.152. The summed E-state index contributed by atoms with van der Waals surface area (Å²) in [6, 6.07) is 0.0833. The minimum Gasteiger partial charge on any atom is -0.479 e. The van der Waals surface area contributed by atoms with Gasteiger partial charge >= 0.3 is 5.97 Å². The Labute approximate surface area is 102 Å². The van der Waals surface area contributed by atoms with E-state index in [1.54, 1.807) is 0 Å². The maximum Gasteiger partial charge on any atom is 0.332 e. The van der Waals surface area contributed by atoms with Crippen molar-refractivity contribution in [1.82, 2.24) is 5.32 Å². The number of aliphatic carboxylic acids is 1. The lowest BCUT2D eigenvalue weighted by Gasteiger charge is -2.21. The van der Waals surface area contributed by atoms with Gasteiger partial charge in [0.05, 0.1) is 0 Å². The Hall–Kier alpha value is -1.10. The molecule has 4 atom stereocenters. The van der Waals surface area contributed by atoms with Gasteiger partial charge in [-0.25, -0.2) is 4.79 Å². The van der Waals surface area contributed by atoms with Crippen molar-refractivity contribution < 1.29 is 19.4 Å². The molecule has 1 amide bonds. The molecule has 0 aromatic carbocycles. The molecule has 1 heterocycles. The molecule has 1 aliphatic heterocycles. The lowest BCUT2D eigenvalue weighted by Crippen LogP contribution is -2.43. The van der Waals surface area contributed by atoms with Crippen molar-refractivity contribution in [3.8, 4) is 0 Å². The van der Waals surface area contributed by atoms with Gasteiger partial charge in [0.2, 0.25) is 5.91 Å². The predicted octanol–water partition coefficient (Wildman–Crippen LogP) is 1.17. The number of hydrogen-bond acceptors (Lipinski definition) is 3. The summed E-state index contributed by atoms with van der Waals surface area (Å²) < 4.78 is 5.19. The van der Waals surface area contributed by atoms with Gasteiger partial charge in [-0.15, -0.1) is 0 Å². The highest BCUT2D eigenvalue weighted by Gasteiger charge is 2.35. The third-order valence-corrected chi connectivity index (χ3v) is 3.45. The summed E-state index contributed by atoms with van der Waals surface area (Å²) in [7, 11) is 0. The number of ether oxygens (including phenoxy) is 1. The summed E-state index contributed by atoms with van der Waals surface area (Å²) in [5, 5.41) is 11.6. The van der Waals surface area contributed by atoms with Crippen LogP contribution in [-0.4, -0.2) is 35.2 Å². The number of nitrogens with one attached hydrogen (secondary N) is 1. The number of amides is 1. The average Bonchev–Trinajstić information content (AvgIpc) is 2.77. The summed E-state index contributed by atoms with van der Waals surface area (Å²) in [5.74, 6) is -0.785. The van der Waals surface area contributed by atoms with Crippen molar-refractivity contribution in [3.63, 3.8) is 0 Å². The fourth-order valence-corrected chi connectivity index (χ4v) is 1.82. The highest BCUT2D eigenvalue weighted by atomic mass is 16.5. The first kappa shape index (κ1) is 14.0. The monoisotopic (exact) mass is 243 g/mol. The lowest BCUT2D eigenvalue weighted by atomic mass is 10.0. The minimum atomic E-state index is -0.990. The van der Waals surface area contributed by atoms with Crippen LogP contribution >= 0.6 is 0 Å². The minimum absolute atomic E-state index is 0.0833. The fraction of sp³-hybridized carbons (Fsp3) is 0.833. The van der Waals surface area contributed by atoms with E-state index in [1.807, 2.05) is 6.92 Å². The van der Waals surface area contributed by atoms with Gasteiger partial charge in [0, 0.05) is 6.04 Å². The molecule has 1 aliphatic rings. The number of carbonyl (C=O) groups excluding carboxylic acids is 1. The first-order valence-electron chi connectivity index (χ1n) is 6.14. The van der Waals surface area contributed by atoms with Crippen LogP contribution in [-0.2, 0) is 14.3 Å². The van der Waals surface area contributed by atoms with Gasteiger partial charge in [0.1, 0.15) is 6.10 Å². The summed E-state index contributed by atoms with van der Waals surface area (Å²) in [5.41, 5.74) is 0. The molecule has 0 bridgehead atoms. The van der Waals surface area contributed by atoms with Crippen molar-refractivity contribution in [1.29, 1.82) is 0 Å². The zero-order valence-electron chi connectivity index (χ0n) is 10.6. The van der Waals surface area contributed by atoms with Crippen LogP contribution in [0.15, 0.2) is 0 Å². The van der Waals surface area contributed by atoms with E-state index < -0.39 is 18.2 Å². The Morgan fingerprint density at radius 2 is 1.94 bits per heavy atom. The van der Waals surface area contributed by atoms with Gasteiger partial charge in [-0.2, -0.15) is 0 Å². The quantitative estimate of drug-likeness (QED) is 0.760. The molecule has 5 heteroatoms. The maximum absolute atomic E-state index is 11.8. The predicted molar refractivity (Wildman–Crippen MR) is 62.6 cm³/mol. The molecule has 0 aliphatic carbocycles. The molecular formula is C12H21NO4. The van der Waals surface area contributed by atoms with Gasteiger partial charge in [-0.1, -0.05) is 20.3 Å². The molecule has 2 N–H and O–H groups in total. The van der Waals surface area contributed by atoms with Crippen molar-refractivity contribution in [2.45, 2.75) is 58.3 Å². The second-order valence-electron chi connectivity index (χ2n) is 4.71. The van der Waals surface area contributed by atoms with Crippen LogP contribution in [0.25, 0.3) is 0 Å². The summed E-state index contributed by atoms with van der Waals surface area (Å²) in [4.78, 5) is 22.5. The molecule has 98 valence electrons. The average molecular weight is 243 g/mol. The van der Waals surface area contributed by atoms with E-state index >= 15 is 0 Å². The largest absolute Gasteiger partial charge is 0.479 e. The number of carbonyl (C=O) groups is 2. The molecule has 1 rings (SSSR count). The topological polar surface area (TPSA) is 75.6 Å². The second-order valence-corrected chi connectivity index (χ2v) is 4.71. The first-order valence-corrected chi connectivity index (χ1v) is 6.14. The Kier molecular flexibility index (Phi) is 4.93. The zero-order valence-corrected chi connectivity index (χ0v) is 10.6. The van der Waals surface area contributed by atoms with Crippen LogP contribution in [0.1, 0.15) is 40.0 Å². The molecule has 0 saturated carbocycles. The van der Waals surface area contributed by atoms with Gasteiger partial charge < -0.3 is 15.2 Å². The van der Waals surface area contributed by atoms with Gasteiger partial charge in [-0.3, -0.25) is 4.79 Å². The Morgan fingerprint density at radius 3 is 2.41 bits per heavy atom. The first-order chi connectivity index (χ1) is 7.95. The molecule has 2 unspecified atom stereocenters. The number of hydrogen-bond donors (Lipinski definition) is 2. The normalized spacial score (nSPS) is 27.5. The number of rotatable bonds is 5. The molecule has 0 spiro atoms. The van der Waals surface area contributed by atoms with Crippen molar-refractivity contribution in [2.24, 2.45) is 5.92 Å². The molecule has 0 aromatic heterocycles. The van der Waals surface area contributed by atoms with Crippen molar-refractivity contribution in [3.05, 3.63) is 0 Å². The molecular weight excluding hydrogens is 222 g/mol. The van der Waals surface area contributed by atoms with Gasteiger partial charge in [0.15, 0.2) is 6.10 Å². The smallest absolute Gasteiger partial charge is 0.332 e.